The number of piperidine rings is 1. The van der Waals surface area contributed by atoms with Crippen LogP contribution in [0.2, 0.25) is 0 Å². The molecule has 35 heavy (non-hydrogen) atoms. The Balaban J connectivity index is 1.22. The lowest BCUT2D eigenvalue weighted by molar-refractivity contribution is -0.143. The van der Waals surface area contributed by atoms with E-state index in [9.17, 15) is 14.4 Å². The molecule has 9 heteroatoms. The van der Waals surface area contributed by atoms with E-state index >= 15 is 0 Å². The number of methoxy groups -OCH3 is 1. The third kappa shape index (κ3) is 5.98. The molecule has 0 unspecified atom stereocenters. The number of carbonyl (C=O) groups is 3. The van der Waals surface area contributed by atoms with Gasteiger partial charge in [0.2, 0.25) is 5.91 Å². The molecule has 4 rings (SSSR count). The van der Waals surface area contributed by atoms with Crippen molar-refractivity contribution in [2.75, 3.05) is 40.0 Å². The van der Waals surface area contributed by atoms with Gasteiger partial charge in [-0.2, -0.15) is 0 Å². The Morgan fingerprint density at radius 3 is 2.20 bits per heavy atom. The van der Waals surface area contributed by atoms with Gasteiger partial charge in [-0.25, -0.2) is 9.59 Å². The lowest BCUT2D eigenvalue weighted by Crippen LogP contribution is -2.50. The number of rotatable bonds is 9. The first kappa shape index (κ1) is 24.7. The SMILES string of the molecule is COC[C@H](NC(=O)CN1CCC(NC(=O)OCC2c3ccccc3-c3ccccc32)CC1)C(=O)O. The quantitative estimate of drug-likeness (QED) is 0.503. The van der Waals surface area contributed by atoms with Crippen LogP contribution in [0, 0.1) is 0 Å². The van der Waals surface area contributed by atoms with E-state index in [1.807, 2.05) is 29.2 Å². The number of aliphatic carboxylic acids is 1. The largest absolute Gasteiger partial charge is 0.480 e. The minimum Gasteiger partial charge on any atom is -0.480 e. The molecule has 0 spiro atoms. The van der Waals surface area contributed by atoms with Gasteiger partial charge in [-0.1, -0.05) is 48.5 Å². The molecule has 0 saturated carbocycles. The molecule has 1 aliphatic carbocycles. The number of hydrogen-bond donors (Lipinski definition) is 3. The van der Waals surface area contributed by atoms with Gasteiger partial charge in [-0.05, 0) is 35.1 Å². The monoisotopic (exact) mass is 481 g/mol. The summed E-state index contributed by atoms with van der Waals surface area (Å²) in [6, 6.07) is 15.3. The van der Waals surface area contributed by atoms with Crippen LogP contribution in [0.15, 0.2) is 48.5 Å². The van der Waals surface area contributed by atoms with E-state index in [2.05, 4.69) is 34.9 Å². The summed E-state index contributed by atoms with van der Waals surface area (Å²) in [4.78, 5) is 37.8. The van der Waals surface area contributed by atoms with E-state index in [1.165, 1.54) is 29.4 Å². The molecular formula is C26H31N3O6. The summed E-state index contributed by atoms with van der Waals surface area (Å²) >= 11 is 0. The molecule has 0 radical (unpaired) electrons. The van der Waals surface area contributed by atoms with Crippen molar-refractivity contribution < 1.29 is 29.0 Å². The maximum Gasteiger partial charge on any atom is 0.407 e. The smallest absolute Gasteiger partial charge is 0.407 e. The number of likely N-dealkylation sites (tertiary alicyclic amines) is 1. The average molecular weight is 482 g/mol. The highest BCUT2D eigenvalue weighted by atomic mass is 16.5. The van der Waals surface area contributed by atoms with Crippen molar-refractivity contribution in [1.29, 1.82) is 0 Å². The van der Waals surface area contributed by atoms with Gasteiger partial charge in [0.1, 0.15) is 6.61 Å². The molecule has 3 N–H and O–H groups in total. The molecule has 1 saturated heterocycles. The molecule has 2 amide bonds. The van der Waals surface area contributed by atoms with Crippen molar-refractivity contribution in [3.63, 3.8) is 0 Å². The van der Waals surface area contributed by atoms with E-state index in [-0.39, 0.29) is 37.6 Å². The van der Waals surface area contributed by atoms with Gasteiger partial charge >= 0.3 is 12.1 Å². The summed E-state index contributed by atoms with van der Waals surface area (Å²) in [6.07, 6.45) is 0.919. The van der Waals surface area contributed by atoms with Gasteiger partial charge < -0.3 is 25.2 Å². The maximum absolute atomic E-state index is 12.5. The van der Waals surface area contributed by atoms with Crippen LogP contribution in [0.4, 0.5) is 4.79 Å². The second-order valence-corrected chi connectivity index (χ2v) is 8.93. The van der Waals surface area contributed by atoms with Gasteiger partial charge in [0, 0.05) is 32.2 Å². The molecule has 9 nitrogen and oxygen atoms in total. The number of carbonyl (C=O) groups excluding carboxylic acids is 2. The highest BCUT2D eigenvalue weighted by Gasteiger charge is 2.30. The van der Waals surface area contributed by atoms with E-state index in [1.54, 1.807) is 0 Å². The first-order valence-corrected chi connectivity index (χ1v) is 11.8. The summed E-state index contributed by atoms with van der Waals surface area (Å²) in [7, 11) is 1.39. The number of nitrogens with zero attached hydrogens (tertiary/aromatic N) is 1. The molecule has 186 valence electrons. The number of carboxylic acids is 1. The number of fused-ring (bicyclic) bond motifs is 3. The lowest BCUT2D eigenvalue weighted by atomic mass is 9.98. The van der Waals surface area contributed by atoms with Crippen LogP contribution >= 0.6 is 0 Å². The number of alkyl carbamates (subject to hydrolysis) is 1. The minimum absolute atomic E-state index is 0.0150. The Kier molecular flexibility index (Phi) is 7.99. The fourth-order valence-electron chi connectivity index (χ4n) is 4.83. The highest BCUT2D eigenvalue weighted by Crippen LogP contribution is 2.44. The Hall–Kier alpha value is -3.43. The molecule has 0 aromatic heterocycles. The normalized spacial score (nSPS) is 16.7. The fourth-order valence-corrected chi connectivity index (χ4v) is 4.83. The molecule has 0 bridgehead atoms. The van der Waals surface area contributed by atoms with Crippen LogP contribution in [0.3, 0.4) is 0 Å². The first-order valence-electron chi connectivity index (χ1n) is 11.8. The zero-order valence-corrected chi connectivity index (χ0v) is 19.7. The van der Waals surface area contributed by atoms with Gasteiger partial charge in [0.05, 0.1) is 13.2 Å². The van der Waals surface area contributed by atoms with Crippen LogP contribution in [-0.2, 0) is 19.1 Å². The number of carboxylic acid groups (broad SMARTS) is 1. The van der Waals surface area contributed by atoms with E-state index in [0.29, 0.717) is 25.9 Å². The van der Waals surface area contributed by atoms with E-state index in [4.69, 9.17) is 14.6 Å². The van der Waals surface area contributed by atoms with Crippen molar-refractivity contribution in [2.24, 2.45) is 0 Å². The summed E-state index contributed by atoms with van der Waals surface area (Å²) in [5.74, 6) is -1.48. The Labute approximate surface area is 204 Å². The minimum atomic E-state index is -1.13. The predicted octanol–water partition coefficient (Wildman–Crippen LogP) is 2.21. The van der Waals surface area contributed by atoms with Crippen LogP contribution in [0.5, 0.6) is 0 Å². The molecular weight excluding hydrogens is 450 g/mol. The highest BCUT2D eigenvalue weighted by molar-refractivity contribution is 5.84. The molecule has 1 fully saturated rings. The number of benzene rings is 2. The van der Waals surface area contributed by atoms with Gasteiger partial charge in [-0.15, -0.1) is 0 Å². The third-order valence-electron chi connectivity index (χ3n) is 6.59. The van der Waals surface area contributed by atoms with Crippen molar-refractivity contribution in [3.05, 3.63) is 59.7 Å². The molecule has 1 heterocycles. The van der Waals surface area contributed by atoms with E-state index < -0.39 is 18.1 Å². The standard InChI is InChI=1S/C26H31N3O6/c1-34-16-23(25(31)32)28-24(30)14-29-12-10-17(11-13-29)27-26(33)35-15-22-20-8-4-2-6-18(20)19-7-3-5-9-21(19)22/h2-9,17,22-23H,10-16H2,1H3,(H,27,33)(H,28,30)(H,31,32)/t23-/m0/s1. The van der Waals surface area contributed by atoms with Crippen molar-refractivity contribution in [3.8, 4) is 11.1 Å². The Morgan fingerprint density at radius 1 is 1.03 bits per heavy atom. The third-order valence-corrected chi connectivity index (χ3v) is 6.59. The Bertz CT molecular complexity index is 1020. The first-order chi connectivity index (χ1) is 17.0. The number of ether oxygens (including phenoxy) is 2. The van der Waals surface area contributed by atoms with Crippen LogP contribution < -0.4 is 10.6 Å². The zero-order chi connectivity index (χ0) is 24.8. The summed E-state index contributed by atoms with van der Waals surface area (Å²) in [5.41, 5.74) is 4.71. The van der Waals surface area contributed by atoms with Crippen LogP contribution in [-0.4, -0.2) is 80.0 Å². The van der Waals surface area contributed by atoms with Gasteiger partial charge in [0.25, 0.3) is 0 Å². The molecule has 1 atom stereocenters. The van der Waals surface area contributed by atoms with Gasteiger partial charge in [-0.3, -0.25) is 9.69 Å². The Morgan fingerprint density at radius 2 is 1.63 bits per heavy atom. The molecule has 2 aromatic carbocycles. The summed E-state index contributed by atoms with van der Waals surface area (Å²) < 4.78 is 10.5. The number of hydrogen-bond acceptors (Lipinski definition) is 6. The van der Waals surface area contributed by atoms with Crippen LogP contribution in [0.25, 0.3) is 11.1 Å². The van der Waals surface area contributed by atoms with Crippen molar-refractivity contribution >= 4 is 18.0 Å². The molecule has 1 aliphatic heterocycles. The van der Waals surface area contributed by atoms with Gasteiger partial charge in [0.15, 0.2) is 6.04 Å². The zero-order valence-electron chi connectivity index (χ0n) is 19.7. The molecule has 2 aromatic rings. The average Bonchev–Trinajstić information content (AvgIpc) is 3.17. The summed E-state index contributed by atoms with van der Waals surface area (Å²) in [6.45, 7) is 1.51. The maximum atomic E-state index is 12.5. The van der Waals surface area contributed by atoms with E-state index in [0.717, 1.165) is 0 Å². The fraction of sp³-hybridized carbons (Fsp3) is 0.423. The topological polar surface area (TPSA) is 117 Å². The second-order valence-electron chi connectivity index (χ2n) is 8.93. The van der Waals surface area contributed by atoms with Crippen molar-refractivity contribution in [2.45, 2.75) is 30.8 Å². The number of nitrogens with one attached hydrogen (secondary N) is 2. The number of amides is 2. The van der Waals surface area contributed by atoms with Crippen molar-refractivity contribution in [1.82, 2.24) is 15.5 Å². The predicted molar refractivity (Wildman–Crippen MR) is 129 cm³/mol. The molecule has 2 aliphatic rings. The van der Waals surface area contributed by atoms with Crippen LogP contribution in [0.1, 0.15) is 29.9 Å². The summed E-state index contributed by atoms with van der Waals surface area (Å²) in [5, 5.41) is 14.5. The lowest BCUT2D eigenvalue weighted by Gasteiger charge is -2.32. The second kappa shape index (κ2) is 11.3.